The van der Waals surface area contributed by atoms with E-state index in [1.54, 1.807) is 18.2 Å². The summed E-state index contributed by atoms with van der Waals surface area (Å²) in [6.45, 7) is 6.38. The lowest BCUT2D eigenvalue weighted by Gasteiger charge is -2.10. The van der Waals surface area contributed by atoms with E-state index < -0.39 is 0 Å². The van der Waals surface area contributed by atoms with Crippen LogP contribution in [0.25, 0.3) is 0 Å². The third-order valence-corrected chi connectivity index (χ3v) is 2.61. The van der Waals surface area contributed by atoms with Crippen molar-refractivity contribution >= 4 is 17.5 Å². The normalized spacial score (nSPS) is 9.76. The summed E-state index contributed by atoms with van der Waals surface area (Å²) in [6, 6.07) is 4.68. The minimum atomic E-state index is -0.242. The third-order valence-electron chi connectivity index (χ3n) is 2.61. The first-order valence-corrected chi connectivity index (χ1v) is 6.76. The molecule has 1 rings (SSSR count). The van der Waals surface area contributed by atoms with Crippen LogP contribution in [0.1, 0.15) is 23.7 Å². The van der Waals surface area contributed by atoms with Crippen LogP contribution in [-0.4, -0.2) is 31.5 Å². The van der Waals surface area contributed by atoms with Crippen LogP contribution in [0.3, 0.4) is 0 Å². The van der Waals surface area contributed by atoms with Crippen LogP contribution in [0.15, 0.2) is 30.9 Å². The molecular formula is C15H21N3O3. The van der Waals surface area contributed by atoms with Crippen molar-refractivity contribution < 1.29 is 14.3 Å². The lowest BCUT2D eigenvalue weighted by atomic mass is 10.1. The Balaban J connectivity index is 2.59. The summed E-state index contributed by atoms with van der Waals surface area (Å²) in [4.78, 5) is 23.2. The van der Waals surface area contributed by atoms with Gasteiger partial charge in [0, 0.05) is 18.7 Å². The Kier molecular flexibility index (Phi) is 6.80. The second-order valence-corrected chi connectivity index (χ2v) is 4.39. The Bertz CT molecular complexity index is 515. The molecule has 0 spiro atoms. The van der Waals surface area contributed by atoms with Gasteiger partial charge in [-0.05, 0) is 24.6 Å². The monoisotopic (exact) mass is 291 g/mol. The SMILES string of the molecule is C=CCNC(=O)c1ccc(OCC(=O)NCCC)c(N)c1. The third kappa shape index (κ3) is 5.56. The zero-order chi connectivity index (χ0) is 15.7. The Hall–Kier alpha value is -2.50. The molecule has 0 saturated heterocycles. The van der Waals surface area contributed by atoms with Crippen LogP contribution < -0.4 is 21.1 Å². The highest BCUT2D eigenvalue weighted by Crippen LogP contribution is 2.22. The number of nitrogen functional groups attached to an aromatic ring is 1. The Morgan fingerprint density at radius 2 is 2.14 bits per heavy atom. The molecule has 0 aliphatic rings. The first-order chi connectivity index (χ1) is 10.1. The summed E-state index contributed by atoms with van der Waals surface area (Å²) in [5, 5.41) is 5.35. The van der Waals surface area contributed by atoms with Crippen LogP contribution in [-0.2, 0) is 4.79 Å². The zero-order valence-electron chi connectivity index (χ0n) is 12.1. The summed E-state index contributed by atoms with van der Waals surface area (Å²) in [5.41, 5.74) is 6.55. The lowest BCUT2D eigenvalue weighted by molar-refractivity contribution is -0.123. The van der Waals surface area contributed by atoms with Crippen molar-refractivity contribution in [2.45, 2.75) is 13.3 Å². The number of ether oxygens (including phenoxy) is 1. The van der Waals surface area contributed by atoms with E-state index in [1.807, 2.05) is 6.92 Å². The van der Waals surface area contributed by atoms with Gasteiger partial charge in [0.2, 0.25) is 0 Å². The van der Waals surface area contributed by atoms with E-state index >= 15 is 0 Å². The molecule has 0 aromatic heterocycles. The van der Waals surface area contributed by atoms with E-state index in [-0.39, 0.29) is 18.4 Å². The Morgan fingerprint density at radius 1 is 1.38 bits per heavy atom. The molecule has 0 radical (unpaired) electrons. The molecule has 4 N–H and O–H groups in total. The smallest absolute Gasteiger partial charge is 0.257 e. The quantitative estimate of drug-likeness (QED) is 0.493. The standard InChI is InChI=1S/C15H21N3O3/c1-3-7-17-14(19)10-21-13-6-5-11(9-12(13)16)15(20)18-8-4-2/h4-6,9H,2-3,7-8,10,16H2,1H3,(H,17,19)(H,18,20). The first-order valence-electron chi connectivity index (χ1n) is 6.76. The molecular weight excluding hydrogens is 270 g/mol. The van der Waals surface area contributed by atoms with Gasteiger partial charge in [-0.1, -0.05) is 13.0 Å². The van der Waals surface area contributed by atoms with Gasteiger partial charge in [0.15, 0.2) is 6.61 Å². The van der Waals surface area contributed by atoms with Gasteiger partial charge in [0.05, 0.1) is 5.69 Å². The van der Waals surface area contributed by atoms with Crippen LogP contribution in [0.4, 0.5) is 5.69 Å². The van der Waals surface area contributed by atoms with E-state index in [1.165, 1.54) is 6.07 Å². The molecule has 0 unspecified atom stereocenters. The Morgan fingerprint density at radius 3 is 2.76 bits per heavy atom. The number of amides is 2. The van der Waals surface area contributed by atoms with Crippen molar-refractivity contribution in [2.24, 2.45) is 0 Å². The molecule has 0 aliphatic carbocycles. The molecule has 0 saturated carbocycles. The average molecular weight is 291 g/mol. The number of nitrogens with two attached hydrogens (primary N) is 1. The van der Waals surface area contributed by atoms with Gasteiger partial charge in [-0.3, -0.25) is 9.59 Å². The van der Waals surface area contributed by atoms with Gasteiger partial charge >= 0.3 is 0 Å². The van der Waals surface area contributed by atoms with Gasteiger partial charge in [0.1, 0.15) is 5.75 Å². The van der Waals surface area contributed by atoms with E-state index in [2.05, 4.69) is 17.2 Å². The van der Waals surface area contributed by atoms with Gasteiger partial charge in [-0.2, -0.15) is 0 Å². The highest BCUT2D eigenvalue weighted by Gasteiger charge is 2.09. The number of carbonyl (C=O) groups is 2. The lowest BCUT2D eigenvalue weighted by Crippen LogP contribution is -2.29. The minimum Gasteiger partial charge on any atom is -0.482 e. The maximum atomic E-state index is 11.7. The van der Waals surface area contributed by atoms with Crippen LogP contribution in [0, 0.1) is 0 Å². The summed E-state index contributed by atoms with van der Waals surface area (Å²) >= 11 is 0. The highest BCUT2D eigenvalue weighted by atomic mass is 16.5. The minimum absolute atomic E-state index is 0.105. The van der Waals surface area contributed by atoms with Crippen molar-refractivity contribution in [3.63, 3.8) is 0 Å². The molecule has 0 aliphatic heterocycles. The van der Waals surface area contributed by atoms with Gasteiger partial charge in [0.25, 0.3) is 11.8 Å². The number of benzene rings is 1. The van der Waals surface area contributed by atoms with Crippen molar-refractivity contribution in [2.75, 3.05) is 25.4 Å². The van der Waals surface area contributed by atoms with Crippen molar-refractivity contribution in [1.82, 2.24) is 10.6 Å². The molecule has 21 heavy (non-hydrogen) atoms. The molecule has 0 atom stereocenters. The average Bonchev–Trinajstić information content (AvgIpc) is 2.49. The van der Waals surface area contributed by atoms with E-state index in [0.29, 0.717) is 30.1 Å². The fourth-order valence-electron chi connectivity index (χ4n) is 1.55. The van der Waals surface area contributed by atoms with E-state index in [0.717, 1.165) is 6.42 Å². The van der Waals surface area contributed by atoms with E-state index in [9.17, 15) is 9.59 Å². The highest BCUT2D eigenvalue weighted by molar-refractivity contribution is 5.95. The summed E-state index contributed by atoms with van der Waals surface area (Å²) in [5.74, 6) is -0.0696. The maximum Gasteiger partial charge on any atom is 0.257 e. The molecule has 0 heterocycles. The van der Waals surface area contributed by atoms with Gasteiger partial charge in [-0.15, -0.1) is 6.58 Å². The summed E-state index contributed by atoms with van der Waals surface area (Å²) in [7, 11) is 0. The number of anilines is 1. The fourth-order valence-corrected chi connectivity index (χ4v) is 1.55. The molecule has 6 heteroatoms. The Labute approximate surface area is 124 Å². The largest absolute Gasteiger partial charge is 0.482 e. The van der Waals surface area contributed by atoms with Crippen molar-refractivity contribution in [3.05, 3.63) is 36.4 Å². The second-order valence-electron chi connectivity index (χ2n) is 4.39. The predicted molar refractivity (Wildman–Crippen MR) is 82.2 cm³/mol. The topological polar surface area (TPSA) is 93.4 Å². The second kappa shape index (κ2) is 8.63. The van der Waals surface area contributed by atoms with Crippen LogP contribution >= 0.6 is 0 Å². The number of nitrogens with one attached hydrogen (secondary N) is 2. The maximum absolute atomic E-state index is 11.7. The molecule has 0 fully saturated rings. The van der Waals surface area contributed by atoms with Crippen molar-refractivity contribution in [1.29, 1.82) is 0 Å². The number of hydrogen-bond acceptors (Lipinski definition) is 4. The zero-order valence-corrected chi connectivity index (χ0v) is 12.1. The van der Waals surface area contributed by atoms with E-state index in [4.69, 9.17) is 10.5 Å². The van der Waals surface area contributed by atoms with Gasteiger partial charge in [-0.25, -0.2) is 0 Å². The fraction of sp³-hybridized carbons (Fsp3) is 0.333. The molecule has 6 nitrogen and oxygen atoms in total. The number of rotatable bonds is 8. The summed E-state index contributed by atoms with van der Waals surface area (Å²) in [6.07, 6.45) is 2.45. The van der Waals surface area contributed by atoms with Crippen LogP contribution in [0.5, 0.6) is 5.75 Å². The molecule has 2 amide bonds. The molecule has 1 aromatic carbocycles. The van der Waals surface area contributed by atoms with Gasteiger partial charge < -0.3 is 21.1 Å². The molecule has 0 bridgehead atoms. The molecule has 114 valence electrons. The number of carbonyl (C=O) groups excluding carboxylic acids is 2. The summed E-state index contributed by atoms with van der Waals surface area (Å²) < 4.78 is 5.33. The number of hydrogen-bond donors (Lipinski definition) is 3. The molecule has 1 aromatic rings. The van der Waals surface area contributed by atoms with Crippen LogP contribution in [0.2, 0.25) is 0 Å². The predicted octanol–water partition coefficient (Wildman–Crippen LogP) is 1.09. The van der Waals surface area contributed by atoms with Crippen molar-refractivity contribution in [3.8, 4) is 5.75 Å². The first kappa shape index (κ1) is 16.6.